The van der Waals surface area contributed by atoms with Crippen molar-refractivity contribution in [3.05, 3.63) is 28.2 Å². The van der Waals surface area contributed by atoms with Crippen LogP contribution in [0.15, 0.2) is 22.7 Å². The molecule has 1 heterocycles. The first-order valence-corrected chi connectivity index (χ1v) is 6.82. The van der Waals surface area contributed by atoms with Gasteiger partial charge in [-0.15, -0.1) is 0 Å². The molecule has 2 rings (SSSR count). The van der Waals surface area contributed by atoms with Crippen molar-refractivity contribution < 1.29 is 5.11 Å². The summed E-state index contributed by atoms with van der Waals surface area (Å²) >= 11 is 3.51. The highest BCUT2D eigenvalue weighted by Crippen LogP contribution is 2.29. The minimum Gasteiger partial charge on any atom is -0.396 e. The zero-order chi connectivity index (χ0) is 12.3. The smallest absolute Gasteiger partial charge is 0.0476 e. The van der Waals surface area contributed by atoms with Crippen molar-refractivity contribution in [3.63, 3.8) is 0 Å². The number of anilines is 1. The van der Waals surface area contributed by atoms with Crippen molar-refractivity contribution in [1.29, 1.82) is 0 Å². The minimum absolute atomic E-state index is 0.300. The van der Waals surface area contributed by atoms with Crippen molar-refractivity contribution in [1.82, 2.24) is 5.32 Å². The molecule has 1 aromatic carbocycles. The molecular formula is C13H19BrN2O. The second-order valence-electron chi connectivity index (χ2n) is 4.59. The van der Waals surface area contributed by atoms with E-state index in [1.54, 1.807) is 0 Å². The lowest BCUT2D eigenvalue weighted by atomic mass is 10.1. The minimum atomic E-state index is 0.300. The molecule has 0 saturated carbocycles. The van der Waals surface area contributed by atoms with Crippen molar-refractivity contribution in [2.24, 2.45) is 5.92 Å². The van der Waals surface area contributed by atoms with Crippen LogP contribution in [-0.2, 0) is 6.54 Å². The highest BCUT2D eigenvalue weighted by Gasteiger charge is 2.23. The summed E-state index contributed by atoms with van der Waals surface area (Å²) in [6, 6.07) is 6.41. The van der Waals surface area contributed by atoms with Gasteiger partial charge in [-0.25, -0.2) is 0 Å². The first-order chi connectivity index (χ1) is 8.24. The number of nitrogens with zero attached hydrogens (tertiary/aromatic N) is 1. The Morgan fingerprint density at radius 3 is 3.00 bits per heavy atom. The summed E-state index contributed by atoms with van der Waals surface area (Å²) in [5, 5.41) is 12.4. The average Bonchev–Trinajstić information content (AvgIpc) is 2.78. The Hall–Kier alpha value is -0.580. The van der Waals surface area contributed by atoms with Crippen LogP contribution in [-0.4, -0.2) is 31.9 Å². The third kappa shape index (κ3) is 3.00. The first kappa shape index (κ1) is 12.9. The van der Waals surface area contributed by atoms with Crippen LogP contribution < -0.4 is 10.2 Å². The molecule has 1 aliphatic rings. The van der Waals surface area contributed by atoms with E-state index in [-0.39, 0.29) is 0 Å². The van der Waals surface area contributed by atoms with Gasteiger partial charge >= 0.3 is 0 Å². The van der Waals surface area contributed by atoms with Crippen molar-refractivity contribution in [2.45, 2.75) is 13.0 Å². The SMILES string of the molecule is CNCc1cc(Br)ccc1N1CCC(CO)C1. The maximum absolute atomic E-state index is 9.20. The number of rotatable bonds is 4. The van der Waals surface area contributed by atoms with Gasteiger partial charge in [-0.3, -0.25) is 0 Å². The highest BCUT2D eigenvalue weighted by atomic mass is 79.9. The summed E-state index contributed by atoms with van der Waals surface area (Å²) in [6.45, 7) is 3.18. The second kappa shape index (κ2) is 5.85. The Balaban J connectivity index is 2.19. The molecular weight excluding hydrogens is 280 g/mol. The molecule has 1 saturated heterocycles. The molecule has 1 unspecified atom stereocenters. The summed E-state index contributed by atoms with van der Waals surface area (Å²) < 4.78 is 1.12. The number of aliphatic hydroxyl groups excluding tert-OH is 1. The van der Waals surface area contributed by atoms with Crippen LogP contribution in [0, 0.1) is 5.92 Å². The first-order valence-electron chi connectivity index (χ1n) is 6.03. The Bertz CT molecular complexity index is 384. The Morgan fingerprint density at radius 2 is 2.35 bits per heavy atom. The predicted molar refractivity (Wildman–Crippen MR) is 74.3 cm³/mol. The molecule has 3 nitrogen and oxygen atoms in total. The zero-order valence-corrected chi connectivity index (χ0v) is 11.7. The van der Waals surface area contributed by atoms with Crippen molar-refractivity contribution in [3.8, 4) is 0 Å². The molecule has 17 heavy (non-hydrogen) atoms. The Labute approximate surface area is 111 Å². The molecule has 1 aromatic rings. The fourth-order valence-corrected chi connectivity index (χ4v) is 2.80. The van der Waals surface area contributed by atoms with E-state index in [1.165, 1.54) is 11.3 Å². The highest BCUT2D eigenvalue weighted by molar-refractivity contribution is 9.10. The molecule has 2 N–H and O–H groups in total. The van der Waals surface area contributed by atoms with Crippen LogP contribution in [0.2, 0.25) is 0 Å². The van der Waals surface area contributed by atoms with Crippen LogP contribution in [0.25, 0.3) is 0 Å². The van der Waals surface area contributed by atoms with Gasteiger partial charge < -0.3 is 15.3 Å². The summed E-state index contributed by atoms with van der Waals surface area (Å²) in [6.07, 6.45) is 1.09. The van der Waals surface area contributed by atoms with Crippen molar-refractivity contribution >= 4 is 21.6 Å². The van der Waals surface area contributed by atoms with Gasteiger partial charge in [0.1, 0.15) is 0 Å². The van der Waals surface area contributed by atoms with E-state index in [9.17, 15) is 5.11 Å². The maximum Gasteiger partial charge on any atom is 0.0476 e. The summed E-state index contributed by atoms with van der Waals surface area (Å²) in [4.78, 5) is 2.38. The number of halogens is 1. The van der Waals surface area contributed by atoms with E-state index in [0.717, 1.165) is 30.5 Å². The second-order valence-corrected chi connectivity index (χ2v) is 5.50. The van der Waals surface area contributed by atoms with Crippen molar-refractivity contribution in [2.75, 3.05) is 31.6 Å². The number of benzene rings is 1. The van der Waals surface area contributed by atoms with E-state index in [4.69, 9.17) is 0 Å². The standard InChI is InChI=1S/C13H19BrN2O/c1-15-7-11-6-12(14)2-3-13(11)16-5-4-10(8-16)9-17/h2-3,6,10,15,17H,4-5,7-9H2,1H3. The molecule has 0 aliphatic carbocycles. The molecule has 0 aromatic heterocycles. The molecule has 4 heteroatoms. The van der Waals surface area contributed by atoms with Gasteiger partial charge in [0.15, 0.2) is 0 Å². The Kier molecular flexibility index (Phi) is 4.42. The van der Waals surface area contributed by atoms with Gasteiger partial charge in [-0.2, -0.15) is 0 Å². The summed E-state index contributed by atoms with van der Waals surface area (Å²) in [5.41, 5.74) is 2.60. The summed E-state index contributed by atoms with van der Waals surface area (Å²) in [7, 11) is 1.96. The van der Waals surface area contributed by atoms with E-state index >= 15 is 0 Å². The number of hydrogen-bond acceptors (Lipinski definition) is 3. The van der Waals surface area contributed by atoms with Gasteiger partial charge in [0.05, 0.1) is 0 Å². The molecule has 0 radical (unpaired) electrons. The number of aliphatic hydroxyl groups is 1. The largest absolute Gasteiger partial charge is 0.396 e. The van der Waals surface area contributed by atoms with Gasteiger partial charge in [0, 0.05) is 42.3 Å². The van der Waals surface area contributed by atoms with Gasteiger partial charge in [-0.1, -0.05) is 15.9 Å². The average molecular weight is 299 g/mol. The number of nitrogens with one attached hydrogen (secondary N) is 1. The predicted octanol–water partition coefficient (Wildman–Crippen LogP) is 1.99. The zero-order valence-electron chi connectivity index (χ0n) is 10.1. The normalized spacial score (nSPS) is 19.9. The molecule has 0 spiro atoms. The van der Waals surface area contributed by atoms with E-state index in [2.05, 4.69) is 44.3 Å². The third-order valence-electron chi connectivity index (χ3n) is 3.29. The molecule has 94 valence electrons. The van der Waals surface area contributed by atoms with E-state index in [0.29, 0.717) is 12.5 Å². The molecule has 1 fully saturated rings. The van der Waals surface area contributed by atoms with Crippen LogP contribution in [0.3, 0.4) is 0 Å². The fraction of sp³-hybridized carbons (Fsp3) is 0.538. The lowest BCUT2D eigenvalue weighted by Gasteiger charge is -2.22. The summed E-state index contributed by atoms with van der Waals surface area (Å²) in [5.74, 6) is 0.432. The van der Waals surface area contributed by atoms with E-state index in [1.807, 2.05) is 7.05 Å². The number of hydrogen-bond donors (Lipinski definition) is 2. The quantitative estimate of drug-likeness (QED) is 0.892. The lowest BCUT2D eigenvalue weighted by molar-refractivity contribution is 0.238. The monoisotopic (exact) mass is 298 g/mol. The van der Waals surface area contributed by atoms with Crippen LogP contribution in [0.5, 0.6) is 0 Å². The van der Waals surface area contributed by atoms with Crippen LogP contribution >= 0.6 is 15.9 Å². The van der Waals surface area contributed by atoms with Crippen LogP contribution in [0.1, 0.15) is 12.0 Å². The van der Waals surface area contributed by atoms with Gasteiger partial charge in [-0.05, 0) is 37.2 Å². The lowest BCUT2D eigenvalue weighted by Crippen LogP contribution is -2.23. The molecule has 0 bridgehead atoms. The van der Waals surface area contributed by atoms with E-state index < -0.39 is 0 Å². The van der Waals surface area contributed by atoms with Gasteiger partial charge in [0.2, 0.25) is 0 Å². The fourth-order valence-electron chi connectivity index (χ4n) is 2.40. The molecule has 0 amide bonds. The maximum atomic E-state index is 9.20. The molecule has 1 atom stereocenters. The Morgan fingerprint density at radius 1 is 1.53 bits per heavy atom. The molecule has 1 aliphatic heterocycles. The third-order valence-corrected chi connectivity index (χ3v) is 3.79. The topological polar surface area (TPSA) is 35.5 Å². The van der Waals surface area contributed by atoms with Gasteiger partial charge in [0.25, 0.3) is 0 Å². The van der Waals surface area contributed by atoms with Crippen LogP contribution in [0.4, 0.5) is 5.69 Å².